The molecule has 2 heterocycles. The summed E-state index contributed by atoms with van der Waals surface area (Å²) in [6, 6.07) is 7.31. The van der Waals surface area contributed by atoms with Crippen LogP contribution in [0.1, 0.15) is 23.0 Å². The molecule has 4 heteroatoms. The Bertz CT molecular complexity index is 441. The molecule has 0 atom stereocenters. The van der Waals surface area contributed by atoms with Gasteiger partial charge in [-0.25, -0.2) is 0 Å². The molecule has 2 rings (SSSR count). The van der Waals surface area contributed by atoms with E-state index in [2.05, 4.69) is 0 Å². The van der Waals surface area contributed by atoms with Crippen LogP contribution in [-0.4, -0.2) is 5.11 Å². The van der Waals surface area contributed by atoms with Crippen molar-refractivity contribution in [3.8, 4) is 0 Å². The van der Waals surface area contributed by atoms with E-state index in [1.54, 1.807) is 12.1 Å². The predicted molar refractivity (Wildman–Crippen MR) is 56.6 cm³/mol. The van der Waals surface area contributed by atoms with Gasteiger partial charge in [-0.3, -0.25) is 0 Å². The Morgan fingerprint density at radius 2 is 1.62 bits per heavy atom. The Balaban J connectivity index is 1.79. The summed E-state index contributed by atoms with van der Waals surface area (Å²) in [4.78, 5) is 0. The molecule has 2 aromatic rings. The number of aryl methyl sites for hydroxylation is 1. The van der Waals surface area contributed by atoms with E-state index in [1.165, 1.54) is 0 Å². The molecule has 0 aliphatic carbocycles. The highest BCUT2D eigenvalue weighted by atomic mass is 16.5. The largest absolute Gasteiger partial charge is 0.464 e. The number of aliphatic hydroxyl groups excluding tert-OH is 1. The minimum Gasteiger partial charge on any atom is -0.464 e. The van der Waals surface area contributed by atoms with Crippen LogP contribution in [-0.2, 0) is 24.6 Å². The van der Waals surface area contributed by atoms with Crippen LogP contribution < -0.4 is 0 Å². The number of hydrogen-bond donors (Lipinski definition) is 1. The van der Waals surface area contributed by atoms with Crippen LogP contribution in [0.2, 0.25) is 0 Å². The van der Waals surface area contributed by atoms with Gasteiger partial charge in [0.05, 0.1) is 0 Å². The third-order valence-corrected chi connectivity index (χ3v) is 2.16. The van der Waals surface area contributed by atoms with Gasteiger partial charge in [0, 0.05) is 0 Å². The molecule has 0 aromatic carbocycles. The summed E-state index contributed by atoms with van der Waals surface area (Å²) in [5.41, 5.74) is 0. The molecule has 0 fully saturated rings. The van der Waals surface area contributed by atoms with Crippen molar-refractivity contribution in [2.24, 2.45) is 0 Å². The molecule has 16 heavy (non-hydrogen) atoms. The van der Waals surface area contributed by atoms with E-state index in [-0.39, 0.29) is 6.61 Å². The first kappa shape index (κ1) is 11.0. The molecule has 4 nitrogen and oxygen atoms in total. The van der Waals surface area contributed by atoms with Crippen molar-refractivity contribution in [2.45, 2.75) is 26.7 Å². The average Bonchev–Trinajstić information content (AvgIpc) is 2.88. The van der Waals surface area contributed by atoms with E-state index in [9.17, 15) is 0 Å². The number of aliphatic hydroxyl groups is 1. The summed E-state index contributed by atoms with van der Waals surface area (Å²) < 4.78 is 16.0. The monoisotopic (exact) mass is 222 g/mol. The fourth-order valence-electron chi connectivity index (χ4n) is 1.40. The third-order valence-electron chi connectivity index (χ3n) is 2.16. The molecule has 0 spiro atoms. The normalized spacial score (nSPS) is 10.9. The second-order valence-electron chi connectivity index (χ2n) is 3.53. The molecule has 0 saturated carbocycles. The van der Waals surface area contributed by atoms with Gasteiger partial charge in [0.15, 0.2) is 0 Å². The summed E-state index contributed by atoms with van der Waals surface area (Å²) in [5, 5.41) is 8.81. The maximum Gasteiger partial charge on any atom is 0.130 e. The summed E-state index contributed by atoms with van der Waals surface area (Å²) in [6.45, 7) is 2.60. The Kier molecular flexibility index (Phi) is 3.44. The van der Waals surface area contributed by atoms with Gasteiger partial charge in [-0.1, -0.05) is 0 Å². The number of furan rings is 2. The summed E-state index contributed by atoms with van der Waals surface area (Å²) in [6.07, 6.45) is 0. The molecular weight excluding hydrogens is 208 g/mol. The number of rotatable bonds is 5. The molecule has 0 bridgehead atoms. The molecule has 0 aliphatic heterocycles. The first-order chi connectivity index (χ1) is 7.78. The standard InChI is InChI=1S/C12H14O4/c1-9-2-3-11(15-9)7-14-8-12-5-4-10(6-13)16-12/h2-5,13H,6-8H2,1H3. The predicted octanol–water partition coefficient (Wildman–Crippen LogP) is 2.39. The topological polar surface area (TPSA) is 55.7 Å². The third kappa shape index (κ3) is 2.74. The van der Waals surface area contributed by atoms with Gasteiger partial charge in [-0.05, 0) is 31.2 Å². The Labute approximate surface area is 93.4 Å². The van der Waals surface area contributed by atoms with Crippen molar-refractivity contribution < 1.29 is 18.7 Å². The maximum atomic E-state index is 8.81. The summed E-state index contributed by atoms with van der Waals surface area (Å²) >= 11 is 0. The van der Waals surface area contributed by atoms with Crippen molar-refractivity contribution in [3.05, 3.63) is 47.3 Å². The van der Waals surface area contributed by atoms with Crippen LogP contribution >= 0.6 is 0 Å². The molecule has 0 aliphatic rings. The number of ether oxygens (including phenoxy) is 1. The van der Waals surface area contributed by atoms with Crippen molar-refractivity contribution >= 4 is 0 Å². The van der Waals surface area contributed by atoms with Crippen LogP contribution in [0.15, 0.2) is 33.1 Å². The molecular formula is C12H14O4. The van der Waals surface area contributed by atoms with Gasteiger partial charge in [-0.15, -0.1) is 0 Å². The second-order valence-corrected chi connectivity index (χ2v) is 3.53. The quantitative estimate of drug-likeness (QED) is 0.843. The van der Waals surface area contributed by atoms with Gasteiger partial charge < -0.3 is 18.7 Å². The van der Waals surface area contributed by atoms with Crippen molar-refractivity contribution in [1.29, 1.82) is 0 Å². The highest BCUT2D eigenvalue weighted by Gasteiger charge is 2.02. The molecule has 0 saturated heterocycles. The average molecular weight is 222 g/mol. The first-order valence-electron chi connectivity index (χ1n) is 5.09. The zero-order valence-electron chi connectivity index (χ0n) is 9.10. The van der Waals surface area contributed by atoms with Crippen LogP contribution in [0.5, 0.6) is 0 Å². The second kappa shape index (κ2) is 5.01. The molecule has 1 N–H and O–H groups in total. The van der Waals surface area contributed by atoms with E-state index >= 15 is 0 Å². The summed E-state index contributed by atoms with van der Waals surface area (Å²) in [7, 11) is 0. The summed E-state index contributed by atoms with van der Waals surface area (Å²) in [5.74, 6) is 2.92. The fourth-order valence-corrected chi connectivity index (χ4v) is 1.40. The lowest BCUT2D eigenvalue weighted by atomic mass is 10.4. The van der Waals surface area contributed by atoms with Gasteiger partial charge in [0.25, 0.3) is 0 Å². The van der Waals surface area contributed by atoms with E-state index in [0.29, 0.717) is 24.7 Å². The lowest BCUT2D eigenvalue weighted by molar-refractivity contribution is 0.0778. The Morgan fingerprint density at radius 1 is 1.00 bits per heavy atom. The smallest absolute Gasteiger partial charge is 0.130 e. The zero-order valence-corrected chi connectivity index (χ0v) is 9.10. The van der Waals surface area contributed by atoms with Crippen LogP contribution in [0, 0.1) is 6.92 Å². The van der Waals surface area contributed by atoms with Crippen LogP contribution in [0.3, 0.4) is 0 Å². The van der Waals surface area contributed by atoms with Crippen molar-refractivity contribution in [3.63, 3.8) is 0 Å². The SMILES string of the molecule is Cc1ccc(COCc2ccc(CO)o2)o1. The first-order valence-corrected chi connectivity index (χ1v) is 5.09. The van der Waals surface area contributed by atoms with Crippen molar-refractivity contribution in [1.82, 2.24) is 0 Å². The lowest BCUT2D eigenvalue weighted by Crippen LogP contribution is -1.91. The molecule has 0 radical (unpaired) electrons. The van der Waals surface area contributed by atoms with Crippen LogP contribution in [0.25, 0.3) is 0 Å². The van der Waals surface area contributed by atoms with Gasteiger partial charge in [-0.2, -0.15) is 0 Å². The highest BCUT2D eigenvalue weighted by Crippen LogP contribution is 2.11. The highest BCUT2D eigenvalue weighted by molar-refractivity contribution is 5.06. The lowest BCUT2D eigenvalue weighted by Gasteiger charge is -1.99. The zero-order chi connectivity index (χ0) is 11.4. The molecule has 0 amide bonds. The Morgan fingerprint density at radius 3 is 2.19 bits per heavy atom. The minimum atomic E-state index is -0.0859. The van der Waals surface area contributed by atoms with Gasteiger partial charge in [0.2, 0.25) is 0 Å². The van der Waals surface area contributed by atoms with E-state index in [0.717, 1.165) is 11.5 Å². The van der Waals surface area contributed by atoms with Gasteiger partial charge >= 0.3 is 0 Å². The molecule has 86 valence electrons. The number of hydrogen-bond acceptors (Lipinski definition) is 4. The van der Waals surface area contributed by atoms with Crippen molar-refractivity contribution in [2.75, 3.05) is 0 Å². The minimum absolute atomic E-state index is 0.0859. The fraction of sp³-hybridized carbons (Fsp3) is 0.333. The maximum absolute atomic E-state index is 8.81. The van der Waals surface area contributed by atoms with E-state index < -0.39 is 0 Å². The van der Waals surface area contributed by atoms with E-state index in [1.807, 2.05) is 19.1 Å². The molecule has 2 aromatic heterocycles. The van der Waals surface area contributed by atoms with E-state index in [4.69, 9.17) is 18.7 Å². The molecule has 0 unspecified atom stereocenters. The Hall–Kier alpha value is -1.52. The van der Waals surface area contributed by atoms with Gasteiger partial charge in [0.1, 0.15) is 42.9 Å². The van der Waals surface area contributed by atoms with Crippen LogP contribution in [0.4, 0.5) is 0 Å².